The van der Waals surface area contributed by atoms with Crippen LogP contribution in [0.15, 0.2) is 54.8 Å². The van der Waals surface area contributed by atoms with Gasteiger partial charge >= 0.3 is 5.97 Å². The smallest absolute Gasteiger partial charge is 0.341 e. The van der Waals surface area contributed by atoms with Crippen LogP contribution in [0.1, 0.15) is 5.56 Å². The van der Waals surface area contributed by atoms with Gasteiger partial charge in [-0.15, -0.1) is 0 Å². The summed E-state index contributed by atoms with van der Waals surface area (Å²) in [5, 5.41) is 1.00. The number of methoxy groups -OCH3 is 1. The largest absolute Gasteiger partial charge is 0.497 e. The van der Waals surface area contributed by atoms with E-state index in [4.69, 9.17) is 37.4 Å². The first-order chi connectivity index (χ1) is 11.6. The average molecular weight is 367 g/mol. The highest BCUT2D eigenvalue weighted by atomic mass is 35.5. The van der Waals surface area contributed by atoms with Gasteiger partial charge in [0.1, 0.15) is 24.5 Å². The molecule has 0 fully saturated rings. The number of hydrogen-bond donors (Lipinski definition) is 0. The van der Waals surface area contributed by atoms with Crippen LogP contribution in [-0.2, 0) is 14.3 Å². The van der Waals surface area contributed by atoms with Gasteiger partial charge in [-0.05, 0) is 17.7 Å². The first-order valence-corrected chi connectivity index (χ1v) is 7.90. The molecular weight excluding hydrogens is 351 g/mol. The van der Waals surface area contributed by atoms with Crippen molar-refractivity contribution in [1.29, 1.82) is 0 Å². The average Bonchev–Trinajstić information content (AvgIpc) is 2.61. The van der Waals surface area contributed by atoms with Crippen LogP contribution in [0.4, 0.5) is 0 Å². The molecule has 0 aromatic heterocycles. The van der Waals surface area contributed by atoms with Crippen LogP contribution in [0, 0.1) is 0 Å². The van der Waals surface area contributed by atoms with Crippen LogP contribution in [0.3, 0.4) is 0 Å². The van der Waals surface area contributed by atoms with E-state index < -0.39 is 5.97 Å². The normalized spacial score (nSPS) is 11.0. The molecule has 0 aliphatic heterocycles. The van der Waals surface area contributed by atoms with Gasteiger partial charge in [-0.25, -0.2) is 4.79 Å². The molecule has 0 unspecified atom stereocenters. The summed E-state index contributed by atoms with van der Waals surface area (Å²) in [5.74, 6) is 0.00741. The number of hydrogen-bond acceptors (Lipinski definition) is 4. The molecule has 2 aromatic carbocycles. The van der Waals surface area contributed by atoms with E-state index in [0.29, 0.717) is 26.9 Å². The first kappa shape index (κ1) is 18.2. The SMILES string of the molecule is COC(=O)/C(=C\OCCOc1cc(Cl)ccc1Cl)c1ccccc1. The van der Waals surface area contributed by atoms with Gasteiger partial charge in [-0.1, -0.05) is 53.5 Å². The van der Waals surface area contributed by atoms with E-state index in [1.54, 1.807) is 30.3 Å². The second-order valence-corrected chi connectivity index (χ2v) is 5.53. The van der Waals surface area contributed by atoms with Gasteiger partial charge in [-0.3, -0.25) is 0 Å². The predicted molar refractivity (Wildman–Crippen MR) is 94.3 cm³/mol. The van der Waals surface area contributed by atoms with Gasteiger partial charge in [0.25, 0.3) is 0 Å². The van der Waals surface area contributed by atoms with Gasteiger partial charge < -0.3 is 14.2 Å². The van der Waals surface area contributed by atoms with Gasteiger partial charge in [0, 0.05) is 11.1 Å². The molecule has 0 atom stereocenters. The summed E-state index contributed by atoms with van der Waals surface area (Å²) >= 11 is 11.9. The molecule has 0 radical (unpaired) electrons. The molecule has 126 valence electrons. The zero-order chi connectivity index (χ0) is 17.4. The Morgan fingerprint density at radius 1 is 1.08 bits per heavy atom. The third-order valence-electron chi connectivity index (χ3n) is 3.04. The van der Waals surface area contributed by atoms with E-state index in [1.807, 2.05) is 18.2 Å². The summed E-state index contributed by atoms with van der Waals surface area (Å²) < 4.78 is 15.7. The molecule has 24 heavy (non-hydrogen) atoms. The second kappa shape index (κ2) is 9.21. The topological polar surface area (TPSA) is 44.8 Å². The molecule has 0 N–H and O–H groups in total. The Kier molecular flexibility index (Phi) is 6.97. The van der Waals surface area contributed by atoms with Crippen molar-refractivity contribution < 1.29 is 19.0 Å². The Morgan fingerprint density at radius 2 is 1.83 bits per heavy atom. The van der Waals surface area contributed by atoms with Crippen LogP contribution in [0.25, 0.3) is 5.57 Å². The van der Waals surface area contributed by atoms with E-state index in [0.717, 1.165) is 0 Å². The van der Waals surface area contributed by atoms with Crippen molar-refractivity contribution in [2.75, 3.05) is 20.3 Å². The van der Waals surface area contributed by atoms with Crippen LogP contribution in [-0.4, -0.2) is 26.3 Å². The Morgan fingerprint density at radius 3 is 2.54 bits per heavy atom. The fourth-order valence-corrected chi connectivity index (χ4v) is 2.23. The molecule has 2 rings (SSSR count). The van der Waals surface area contributed by atoms with Crippen molar-refractivity contribution in [2.45, 2.75) is 0 Å². The number of benzene rings is 2. The maximum absolute atomic E-state index is 11.8. The van der Waals surface area contributed by atoms with Crippen molar-refractivity contribution in [3.05, 3.63) is 70.4 Å². The molecule has 0 saturated carbocycles. The maximum Gasteiger partial charge on any atom is 0.341 e. The first-order valence-electron chi connectivity index (χ1n) is 7.15. The number of carbonyl (C=O) groups is 1. The summed E-state index contributed by atoms with van der Waals surface area (Å²) in [5.41, 5.74) is 1.04. The molecule has 2 aromatic rings. The molecule has 4 nitrogen and oxygen atoms in total. The van der Waals surface area contributed by atoms with Crippen LogP contribution >= 0.6 is 23.2 Å². The molecular formula is C18H16Cl2O4. The zero-order valence-corrected chi connectivity index (χ0v) is 14.5. The minimum atomic E-state index is -0.472. The third-order valence-corrected chi connectivity index (χ3v) is 3.59. The van der Waals surface area contributed by atoms with E-state index in [-0.39, 0.29) is 13.2 Å². The number of rotatable bonds is 7. The molecule has 0 spiro atoms. The summed E-state index contributed by atoms with van der Waals surface area (Å²) in [7, 11) is 1.32. The summed E-state index contributed by atoms with van der Waals surface area (Å²) in [6.07, 6.45) is 1.37. The Bertz CT molecular complexity index is 714. The molecule has 0 aliphatic carbocycles. The molecule has 0 bridgehead atoms. The molecule has 0 aliphatic rings. The zero-order valence-electron chi connectivity index (χ0n) is 13.0. The molecule has 6 heteroatoms. The van der Waals surface area contributed by atoms with Crippen LogP contribution in [0.5, 0.6) is 5.75 Å². The van der Waals surface area contributed by atoms with Crippen molar-refractivity contribution in [3.8, 4) is 5.75 Å². The van der Waals surface area contributed by atoms with E-state index >= 15 is 0 Å². The lowest BCUT2D eigenvalue weighted by molar-refractivity contribution is -0.133. The molecule has 0 heterocycles. The van der Waals surface area contributed by atoms with Crippen molar-refractivity contribution in [3.63, 3.8) is 0 Å². The van der Waals surface area contributed by atoms with Crippen molar-refractivity contribution in [2.24, 2.45) is 0 Å². The minimum Gasteiger partial charge on any atom is -0.497 e. The van der Waals surface area contributed by atoms with Crippen LogP contribution < -0.4 is 4.74 Å². The lowest BCUT2D eigenvalue weighted by atomic mass is 10.1. The quantitative estimate of drug-likeness (QED) is 0.310. The summed E-state index contributed by atoms with van der Waals surface area (Å²) in [4.78, 5) is 11.8. The van der Waals surface area contributed by atoms with E-state index in [2.05, 4.69) is 0 Å². The Hall–Kier alpha value is -2.17. The molecule has 0 amide bonds. The fraction of sp³-hybridized carbons (Fsp3) is 0.167. The highest BCUT2D eigenvalue weighted by Gasteiger charge is 2.12. The van der Waals surface area contributed by atoms with Crippen molar-refractivity contribution >= 4 is 34.7 Å². The minimum absolute atomic E-state index is 0.232. The predicted octanol–water partition coefficient (Wildman–Crippen LogP) is 4.60. The lowest BCUT2D eigenvalue weighted by Crippen LogP contribution is -2.07. The number of ether oxygens (including phenoxy) is 3. The van der Waals surface area contributed by atoms with Gasteiger partial charge in [0.2, 0.25) is 0 Å². The standard InChI is InChI=1S/C18H16Cl2O4/c1-22-18(21)15(13-5-3-2-4-6-13)12-23-9-10-24-17-11-14(19)7-8-16(17)20/h2-8,11-12H,9-10H2,1H3/b15-12-. The van der Waals surface area contributed by atoms with Gasteiger partial charge in [0.15, 0.2) is 0 Å². The van der Waals surface area contributed by atoms with E-state index in [9.17, 15) is 4.79 Å². The highest BCUT2D eigenvalue weighted by molar-refractivity contribution is 6.34. The monoisotopic (exact) mass is 366 g/mol. The summed E-state index contributed by atoms with van der Waals surface area (Å²) in [6.45, 7) is 0.482. The van der Waals surface area contributed by atoms with Gasteiger partial charge in [-0.2, -0.15) is 0 Å². The van der Waals surface area contributed by atoms with Crippen molar-refractivity contribution in [1.82, 2.24) is 0 Å². The Balaban J connectivity index is 1.93. The molecule has 0 saturated heterocycles. The number of carbonyl (C=O) groups excluding carboxylic acids is 1. The van der Waals surface area contributed by atoms with E-state index in [1.165, 1.54) is 13.4 Å². The Labute approximate surface area is 150 Å². The van der Waals surface area contributed by atoms with Gasteiger partial charge in [0.05, 0.1) is 18.4 Å². The van der Waals surface area contributed by atoms with Crippen LogP contribution in [0.2, 0.25) is 10.0 Å². The fourth-order valence-electron chi connectivity index (χ4n) is 1.89. The second-order valence-electron chi connectivity index (χ2n) is 4.68. The third kappa shape index (κ3) is 5.18. The summed E-state index contributed by atoms with van der Waals surface area (Å²) in [6, 6.07) is 14.1. The maximum atomic E-state index is 11.8. The number of esters is 1. The highest BCUT2D eigenvalue weighted by Crippen LogP contribution is 2.27. The number of halogens is 2. The lowest BCUT2D eigenvalue weighted by Gasteiger charge is -2.09.